The van der Waals surface area contributed by atoms with Crippen molar-refractivity contribution in [1.29, 1.82) is 0 Å². The quantitative estimate of drug-likeness (QED) is 0.656. The van der Waals surface area contributed by atoms with E-state index < -0.39 is 11.8 Å². The second kappa shape index (κ2) is 3.13. The summed E-state index contributed by atoms with van der Waals surface area (Å²) in [5.41, 5.74) is 11.2. The predicted molar refractivity (Wildman–Crippen MR) is 55.3 cm³/mol. The Balaban J connectivity index is 2.86. The summed E-state index contributed by atoms with van der Waals surface area (Å²) in [7, 11) is 0. The van der Waals surface area contributed by atoms with E-state index in [1.807, 2.05) is 0 Å². The molecule has 0 fully saturated rings. The lowest BCUT2D eigenvalue weighted by Gasteiger charge is -1.94. The number of benzene rings is 1. The van der Waals surface area contributed by atoms with Gasteiger partial charge in [0.1, 0.15) is 5.69 Å². The van der Waals surface area contributed by atoms with Crippen LogP contribution >= 0.6 is 0 Å². The fourth-order valence-electron chi connectivity index (χ4n) is 1.58. The third kappa shape index (κ3) is 1.34. The van der Waals surface area contributed by atoms with Gasteiger partial charge < -0.3 is 16.5 Å². The number of hydrogen-bond acceptors (Lipinski definition) is 2. The number of amides is 2. The number of aromatic amines is 1. The SMILES string of the molecule is NC(=O)c1[nH]c2ccccc2c1C(N)=O. The van der Waals surface area contributed by atoms with E-state index in [1.165, 1.54) is 0 Å². The van der Waals surface area contributed by atoms with E-state index in [-0.39, 0.29) is 11.3 Å². The Morgan fingerprint density at radius 3 is 2.33 bits per heavy atom. The molecule has 0 aliphatic carbocycles. The second-order valence-electron chi connectivity index (χ2n) is 3.15. The van der Waals surface area contributed by atoms with E-state index in [0.717, 1.165) is 0 Å². The topological polar surface area (TPSA) is 102 Å². The zero-order chi connectivity index (χ0) is 11.0. The van der Waals surface area contributed by atoms with Gasteiger partial charge in [-0.3, -0.25) is 9.59 Å². The maximum absolute atomic E-state index is 11.2. The molecular formula is C10H9N3O2. The van der Waals surface area contributed by atoms with Gasteiger partial charge in [-0.1, -0.05) is 18.2 Å². The Morgan fingerprint density at radius 2 is 1.73 bits per heavy atom. The summed E-state index contributed by atoms with van der Waals surface area (Å²) in [4.78, 5) is 25.0. The molecule has 2 rings (SSSR count). The first-order valence-electron chi connectivity index (χ1n) is 4.31. The van der Waals surface area contributed by atoms with Crippen molar-refractivity contribution in [3.63, 3.8) is 0 Å². The second-order valence-corrected chi connectivity index (χ2v) is 3.15. The number of rotatable bonds is 2. The molecule has 0 unspecified atom stereocenters. The Kier molecular flexibility index (Phi) is 1.93. The lowest BCUT2D eigenvalue weighted by molar-refractivity contribution is 0.0966. The molecule has 1 aromatic carbocycles. The lowest BCUT2D eigenvalue weighted by Crippen LogP contribution is -2.19. The highest BCUT2D eigenvalue weighted by Gasteiger charge is 2.18. The van der Waals surface area contributed by atoms with Crippen LogP contribution in [0.3, 0.4) is 0 Å². The molecule has 76 valence electrons. The molecule has 0 atom stereocenters. The highest BCUT2D eigenvalue weighted by atomic mass is 16.2. The Hall–Kier alpha value is -2.30. The van der Waals surface area contributed by atoms with Crippen LogP contribution in [0, 0.1) is 0 Å². The number of nitrogens with two attached hydrogens (primary N) is 2. The van der Waals surface area contributed by atoms with Crippen LogP contribution < -0.4 is 11.5 Å². The number of fused-ring (bicyclic) bond motifs is 1. The Morgan fingerprint density at radius 1 is 1.07 bits per heavy atom. The van der Waals surface area contributed by atoms with Gasteiger partial charge in [0, 0.05) is 10.9 Å². The molecule has 0 saturated carbocycles. The molecule has 2 amide bonds. The summed E-state index contributed by atoms with van der Waals surface area (Å²) < 4.78 is 0. The minimum absolute atomic E-state index is 0.0590. The van der Waals surface area contributed by atoms with Crippen LogP contribution in [-0.2, 0) is 0 Å². The van der Waals surface area contributed by atoms with Gasteiger partial charge in [-0.15, -0.1) is 0 Å². The summed E-state index contributed by atoms with van der Waals surface area (Å²) in [6, 6.07) is 6.99. The van der Waals surface area contributed by atoms with Gasteiger partial charge in [-0.05, 0) is 6.07 Å². The molecule has 0 aliphatic rings. The number of para-hydroxylation sites is 1. The highest BCUT2D eigenvalue weighted by molar-refractivity contribution is 6.14. The molecule has 0 saturated heterocycles. The number of primary amides is 2. The van der Waals surface area contributed by atoms with Crippen molar-refractivity contribution in [2.24, 2.45) is 11.5 Å². The van der Waals surface area contributed by atoms with E-state index in [9.17, 15) is 9.59 Å². The summed E-state index contributed by atoms with van der Waals surface area (Å²) in [6.07, 6.45) is 0. The molecule has 0 spiro atoms. The van der Waals surface area contributed by atoms with Crippen LogP contribution in [0.5, 0.6) is 0 Å². The van der Waals surface area contributed by atoms with Crippen molar-refractivity contribution in [3.8, 4) is 0 Å². The molecule has 5 heteroatoms. The van der Waals surface area contributed by atoms with E-state index in [4.69, 9.17) is 11.5 Å². The van der Waals surface area contributed by atoms with Gasteiger partial charge in [0.05, 0.1) is 5.56 Å². The lowest BCUT2D eigenvalue weighted by atomic mass is 10.1. The molecule has 2 aromatic rings. The zero-order valence-corrected chi connectivity index (χ0v) is 7.78. The van der Waals surface area contributed by atoms with E-state index >= 15 is 0 Å². The van der Waals surface area contributed by atoms with Crippen molar-refractivity contribution in [2.75, 3.05) is 0 Å². The maximum Gasteiger partial charge on any atom is 0.265 e. The molecule has 5 nitrogen and oxygen atoms in total. The van der Waals surface area contributed by atoms with Crippen LogP contribution in [0.25, 0.3) is 10.9 Å². The molecule has 15 heavy (non-hydrogen) atoms. The van der Waals surface area contributed by atoms with Crippen LogP contribution in [0.15, 0.2) is 24.3 Å². The van der Waals surface area contributed by atoms with Crippen molar-refractivity contribution < 1.29 is 9.59 Å². The number of carbonyl (C=O) groups is 2. The van der Waals surface area contributed by atoms with Gasteiger partial charge in [-0.2, -0.15) is 0 Å². The average molecular weight is 203 g/mol. The predicted octanol–water partition coefficient (Wildman–Crippen LogP) is 0.366. The van der Waals surface area contributed by atoms with Crippen LogP contribution in [0.1, 0.15) is 20.8 Å². The smallest absolute Gasteiger partial charge is 0.265 e. The van der Waals surface area contributed by atoms with Crippen molar-refractivity contribution in [2.45, 2.75) is 0 Å². The maximum atomic E-state index is 11.2. The Labute approximate surface area is 85.1 Å². The summed E-state index contributed by atoms with van der Waals surface area (Å²) in [5, 5.41) is 0.610. The van der Waals surface area contributed by atoms with Gasteiger partial charge in [0.2, 0.25) is 0 Å². The molecular weight excluding hydrogens is 194 g/mol. The van der Waals surface area contributed by atoms with Crippen LogP contribution in [-0.4, -0.2) is 16.8 Å². The number of nitrogens with one attached hydrogen (secondary N) is 1. The minimum Gasteiger partial charge on any atom is -0.366 e. The summed E-state index contributed by atoms with van der Waals surface area (Å²) in [6.45, 7) is 0. The van der Waals surface area contributed by atoms with Crippen molar-refractivity contribution in [1.82, 2.24) is 4.98 Å². The first kappa shape index (κ1) is 9.26. The molecule has 0 aliphatic heterocycles. The monoisotopic (exact) mass is 203 g/mol. The Bertz CT molecular complexity index is 557. The number of H-pyrrole nitrogens is 1. The summed E-state index contributed by atoms with van der Waals surface area (Å²) >= 11 is 0. The first-order chi connectivity index (χ1) is 7.11. The standard InChI is InChI=1S/C10H9N3O2/c11-9(14)7-5-3-1-2-4-6(5)13-8(7)10(12)15/h1-4,13H,(H2,11,14)(H2,12,15). The van der Waals surface area contributed by atoms with Crippen molar-refractivity contribution in [3.05, 3.63) is 35.5 Å². The summed E-state index contributed by atoms with van der Waals surface area (Å²) in [5.74, 6) is -1.36. The van der Waals surface area contributed by atoms with E-state index in [0.29, 0.717) is 10.9 Å². The highest BCUT2D eigenvalue weighted by Crippen LogP contribution is 2.21. The molecule has 5 N–H and O–H groups in total. The van der Waals surface area contributed by atoms with Gasteiger partial charge in [-0.25, -0.2) is 0 Å². The molecule has 1 heterocycles. The third-order valence-electron chi connectivity index (χ3n) is 2.20. The molecule has 0 bridgehead atoms. The van der Waals surface area contributed by atoms with Gasteiger partial charge >= 0.3 is 0 Å². The number of aromatic nitrogens is 1. The zero-order valence-electron chi connectivity index (χ0n) is 7.78. The minimum atomic E-state index is -0.694. The van der Waals surface area contributed by atoms with Crippen LogP contribution in [0.2, 0.25) is 0 Å². The van der Waals surface area contributed by atoms with E-state index in [2.05, 4.69) is 4.98 Å². The molecule has 1 aromatic heterocycles. The third-order valence-corrected chi connectivity index (χ3v) is 2.20. The number of carbonyl (C=O) groups excluding carboxylic acids is 2. The van der Waals surface area contributed by atoms with Gasteiger partial charge in [0.15, 0.2) is 0 Å². The van der Waals surface area contributed by atoms with E-state index in [1.54, 1.807) is 24.3 Å². The van der Waals surface area contributed by atoms with Crippen molar-refractivity contribution >= 4 is 22.7 Å². The fourth-order valence-corrected chi connectivity index (χ4v) is 1.58. The van der Waals surface area contributed by atoms with Crippen LogP contribution in [0.4, 0.5) is 0 Å². The average Bonchev–Trinajstić information content (AvgIpc) is 2.56. The fraction of sp³-hybridized carbons (Fsp3) is 0. The number of hydrogen-bond donors (Lipinski definition) is 3. The largest absolute Gasteiger partial charge is 0.366 e. The van der Waals surface area contributed by atoms with Gasteiger partial charge in [0.25, 0.3) is 11.8 Å². The first-order valence-corrected chi connectivity index (χ1v) is 4.31. The molecule has 0 radical (unpaired) electrons. The normalized spacial score (nSPS) is 10.4.